The largest absolute Gasteiger partial charge is 0.351 e. The third kappa shape index (κ3) is 2.86. The van der Waals surface area contributed by atoms with Gasteiger partial charge in [-0.05, 0) is 26.7 Å². The van der Waals surface area contributed by atoms with Crippen LogP contribution in [0.15, 0.2) is 0 Å². The van der Waals surface area contributed by atoms with E-state index in [0.717, 1.165) is 29.9 Å². The lowest BCUT2D eigenvalue weighted by molar-refractivity contribution is -0.121. The summed E-state index contributed by atoms with van der Waals surface area (Å²) in [7, 11) is 0. The number of hydrogen-bond acceptors (Lipinski definition) is 3. The highest BCUT2D eigenvalue weighted by Gasteiger charge is 2.28. The van der Waals surface area contributed by atoms with Crippen LogP contribution in [0.3, 0.4) is 0 Å². The normalized spacial score (nSPS) is 19.3. The Morgan fingerprint density at radius 1 is 1.47 bits per heavy atom. The number of aromatic amines is 1. The number of nitrogens with two attached hydrogens (primary N) is 1. The molecule has 0 spiro atoms. The number of aromatic nitrogens is 2. The maximum Gasteiger partial charge on any atom is 0.314 e. The lowest BCUT2D eigenvalue weighted by Crippen LogP contribution is -2.46. The summed E-state index contributed by atoms with van der Waals surface area (Å²) in [6.07, 6.45) is 1.57. The van der Waals surface area contributed by atoms with Gasteiger partial charge >= 0.3 is 6.03 Å². The fourth-order valence-corrected chi connectivity index (χ4v) is 2.35. The molecule has 1 unspecified atom stereocenters. The Bertz CT molecular complexity index is 477. The molecule has 1 aromatic heterocycles. The Balaban J connectivity index is 2.02. The molecule has 3 amide bonds. The second kappa shape index (κ2) is 5.29. The molecule has 1 aliphatic heterocycles. The SMILES string of the molecule is Cc1n[nH]c(C)c1NC(=O)C1CCCN(C(N)=O)C1. The minimum absolute atomic E-state index is 0.0847. The molecule has 0 radical (unpaired) electrons. The van der Waals surface area contributed by atoms with E-state index in [1.165, 1.54) is 4.90 Å². The fourth-order valence-electron chi connectivity index (χ4n) is 2.35. The smallest absolute Gasteiger partial charge is 0.314 e. The summed E-state index contributed by atoms with van der Waals surface area (Å²) in [6, 6.07) is -0.465. The third-order valence-corrected chi connectivity index (χ3v) is 3.48. The number of nitrogens with one attached hydrogen (secondary N) is 2. The van der Waals surface area contributed by atoms with Crippen molar-refractivity contribution in [1.82, 2.24) is 15.1 Å². The predicted molar refractivity (Wildman–Crippen MR) is 70.6 cm³/mol. The number of amides is 3. The second-order valence-corrected chi connectivity index (χ2v) is 4.92. The average Bonchev–Trinajstić information content (AvgIpc) is 2.70. The van der Waals surface area contributed by atoms with Crippen LogP contribution < -0.4 is 11.1 Å². The van der Waals surface area contributed by atoms with E-state index in [-0.39, 0.29) is 11.8 Å². The molecule has 0 aliphatic carbocycles. The maximum atomic E-state index is 12.2. The van der Waals surface area contributed by atoms with Crippen molar-refractivity contribution in [2.24, 2.45) is 11.7 Å². The van der Waals surface area contributed by atoms with Crippen LogP contribution in [0.4, 0.5) is 10.5 Å². The molecule has 7 heteroatoms. The molecule has 1 aromatic rings. The van der Waals surface area contributed by atoms with Gasteiger partial charge in [0.05, 0.1) is 23.0 Å². The average molecular weight is 265 g/mol. The number of aryl methyl sites for hydroxylation is 2. The number of carbonyl (C=O) groups is 2. The number of primary amides is 1. The van der Waals surface area contributed by atoms with Gasteiger partial charge in [-0.3, -0.25) is 9.89 Å². The molecule has 4 N–H and O–H groups in total. The van der Waals surface area contributed by atoms with Crippen LogP contribution >= 0.6 is 0 Å². The highest BCUT2D eigenvalue weighted by atomic mass is 16.2. The van der Waals surface area contributed by atoms with E-state index in [4.69, 9.17) is 5.73 Å². The van der Waals surface area contributed by atoms with Crippen molar-refractivity contribution in [2.75, 3.05) is 18.4 Å². The van der Waals surface area contributed by atoms with Crippen molar-refractivity contribution in [3.8, 4) is 0 Å². The van der Waals surface area contributed by atoms with Crippen LogP contribution in [0.2, 0.25) is 0 Å². The van der Waals surface area contributed by atoms with Crippen molar-refractivity contribution < 1.29 is 9.59 Å². The van der Waals surface area contributed by atoms with Crippen LogP contribution in [-0.4, -0.2) is 40.1 Å². The van der Waals surface area contributed by atoms with E-state index in [2.05, 4.69) is 15.5 Å². The molecule has 0 bridgehead atoms. The van der Waals surface area contributed by atoms with Gasteiger partial charge in [0.15, 0.2) is 0 Å². The zero-order valence-corrected chi connectivity index (χ0v) is 11.2. The van der Waals surface area contributed by atoms with Gasteiger partial charge < -0.3 is 16.0 Å². The molecule has 2 heterocycles. The van der Waals surface area contributed by atoms with Crippen LogP contribution in [-0.2, 0) is 4.79 Å². The van der Waals surface area contributed by atoms with E-state index < -0.39 is 6.03 Å². The van der Waals surface area contributed by atoms with Crippen molar-refractivity contribution in [2.45, 2.75) is 26.7 Å². The molecular weight excluding hydrogens is 246 g/mol. The molecule has 1 fully saturated rings. The number of H-pyrrole nitrogens is 1. The summed E-state index contributed by atoms with van der Waals surface area (Å²) in [6.45, 7) is 4.70. The number of hydrogen-bond donors (Lipinski definition) is 3. The standard InChI is InChI=1S/C12H19N5O2/c1-7-10(8(2)16-15-7)14-11(18)9-4-3-5-17(6-9)12(13)19/h9H,3-6H2,1-2H3,(H2,13,19)(H,14,18)(H,15,16). The summed E-state index contributed by atoms with van der Waals surface area (Å²) < 4.78 is 0. The monoisotopic (exact) mass is 265 g/mol. The fraction of sp³-hybridized carbons (Fsp3) is 0.583. The summed E-state index contributed by atoms with van der Waals surface area (Å²) in [5.41, 5.74) is 7.56. The lowest BCUT2D eigenvalue weighted by Gasteiger charge is -2.30. The molecule has 1 saturated heterocycles. The molecule has 19 heavy (non-hydrogen) atoms. The van der Waals surface area contributed by atoms with Gasteiger partial charge in [-0.25, -0.2) is 4.79 Å². The zero-order valence-electron chi connectivity index (χ0n) is 11.2. The van der Waals surface area contributed by atoms with E-state index in [9.17, 15) is 9.59 Å². The molecule has 104 valence electrons. The Labute approximate surface area is 111 Å². The van der Waals surface area contributed by atoms with Gasteiger partial charge in [0.25, 0.3) is 0 Å². The Hall–Kier alpha value is -2.05. The first-order valence-electron chi connectivity index (χ1n) is 6.36. The van der Waals surface area contributed by atoms with Crippen molar-refractivity contribution in [3.05, 3.63) is 11.4 Å². The highest BCUT2D eigenvalue weighted by Crippen LogP contribution is 2.21. The molecule has 0 aromatic carbocycles. The molecule has 1 aliphatic rings. The van der Waals surface area contributed by atoms with Crippen LogP contribution in [0.25, 0.3) is 0 Å². The molecule has 0 saturated carbocycles. The first kappa shape index (κ1) is 13.4. The van der Waals surface area contributed by atoms with Crippen LogP contribution in [0, 0.1) is 19.8 Å². The van der Waals surface area contributed by atoms with Gasteiger partial charge in [0.2, 0.25) is 5.91 Å². The molecule has 7 nitrogen and oxygen atoms in total. The number of carbonyl (C=O) groups excluding carboxylic acids is 2. The quantitative estimate of drug-likeness (QED) is 0.735. The number of anilines is 1. The summed E-state index contributed by atoms with van der Waals surface area (Å²) >= 11 is 0. The number of urea groups is 1. The molecule has 2 rings (SSSR count). The summed E-state index contributed by atoms with van der Waals surface area (Å²) in [4.78, 5) is 24.9. The minimum atomic E-state index is -0.465. The summed E-state index contributed by atoms with van der Waals surface area (Å²) in [5, 5.41) is 9.73. The lowest BCUT2D eigenvalue weighted by atomic mass is 9.97. The van der Waals surface area contributed by atoms with E-state index >= 15 is 0 Å². The van der Waals surface area contributed by atoms with Gasteiger partial charge in [0, 0.05) is 13.1 Å². The zero-order chi connectivity index (χ0) is 14.0. The number of rotatable bonds is 2. The topological polar surface area (TPSA) is 104 Å². The highest BCUT2D eigenvalue weighted by molar-refractivity contribution is 5.94. The third-order valence-electron chi connectivity index (χ3n) is 3.48. The number of likely N-dealkylation sites (tertiary alicyclic amines) is 1. The van der Waals surface area contributed by atoms with E-state index in [0.29, 0.717) is 13.1 Å². The van der Waals surface area contributed by atoms with Crippen molar-refractivity contribution >= 4 is 17.6 Å². The Kier molecular flexibility index (Phi) is 3.73. The van der Waals surface area contributed by atoms with Gasteiger partial charge in [-0.15, -0.1) is 0 Å². The van der Waals surface area contributed by atoms with Gasteiger partial charge in [0.1, 0.15) is 0 Å². The maximum absolute atomic E-state index is 12.2. The second-order valence-electron chi connectivity index (χ2n) is 4.92. The van der Waals surface area contributed by atoms with Gasteiger partial charge in [-0.1, -0.05) is 0 Å². The Morgan fingerprint density at radius 2 is 2.21 bits per heavy atom. The number of piperidine rings is 1. The molecule has 1 atom stereocenters. The Morgan fingerprint density at radius 3 is 2.79 bits per heavy atom. The van der Waals surface area contributed by atoms with Gasteiger partial charge in [-0.2, -0.15) is 5.10 Å². The van der Waals surface area contributed by atoms with Crippen LogP contribution in [0.1, 0.15) is 24.2 Å². The number of nitrogens with zero attached hydrogens (tertiary/aromatic N) is 2. The first-order valence-corrected chi connectivity index (χ1v) is 6.36. The van der Waals surface area contributed by atoms with E-state index in [1.54, 1.807) is 0 Å². The van der Waals surface area contributed by atoms with Crippen molar-refractivity contribution in [1.29, 1.82) is 0 Å². The molecular formula is C12H19N5O2. The predicted octanol–water partition coefficient (Wildman–Crippen LogP) is 0.756. The first-order chi connectivity index (χ1) is 8.99. The van der Waals surface area contributed by atoms with Crippen LogP contribution in [0.5, 0.6) is 0 Å². The van der Waals surface area contributed by atoms with E-state index in [1.807, 2.05) is 13.8 Å². The minimum Gasteiger partial charge on any atom is -0.351 e. The summed E-state index contributed by atoms with van der Waals surface area (Å²) in [5.74, 6) is -0.298. The van der Waals surface area contributed by atoms with Crippen molar-refractivity contribution in [3.63, 3.8) is 0 Å².